The first kappa shape index (κ1) is 22.0. The number of nitrogens with zero attached hydrogens (tertiary/aromatic N) is 1. The summed E-state index contributed by atoms with van der Waals surface area (Å²) in [4.78, 5) is 14.4. The van der Waals surface area contributed by atoms with Crippen molar-refractivity contribution in [1.29, 1.82) is 0 Å². The Kier molecular flexibility index (Phi) is 7.29. The second kappa shape index (κ2) is 9.27. The van der Waals surface area contributed by atoms with Gasteiger partial charge in [-0.05, 0) is 43.2 Å². The lowest BCUT2D eigenvalue weighted by Crippen LogP contribution is -2.42. The topological polar surface area (TPSA) is 102 Å². The monoisotopic (exact) mass is 425 g/mol. The van der Waals surface area contributed by atoms with Gasteiger partial charge in [0.05, 0.1) is 17.7 Å². The number of methoxy groups -OCH3 is 1. The summed E-state index contributed by atoms with van der Waals surface area (Å²) < 4.78 is 33.2. The first-order chi connectivity index (χ1) is 12.9. The molecule has 1 aliphatic heterocycles. The molecule has 0 radical (unpaired) electrons. The number of hydrogen-bond donors (Lipinski definition) is 2. The molecule has 0 atom stereocenters. The average molecular weight is 426 g/mol. The molecule has 0 unspecified atom stereocenters. The van der Waals surface area contributed by atoms with Crippen molar-refractivity contribution in [3.63, 3.8) is 0 Å². The maximum absolute atomic E-state index is 12.8. The Hall–Kier alpha value is -2.29. The third-order valence-electron chi connectivity index (χ3n) is 4.57. The van der Waals surface area contributed by atoms with Gasteiger partial charge in [0.25, 0.3) is 15.9 Å². The highest BCUT2D eigenvalue weighted by Gasteiger charge is 2.23. The van der Waals surface area contributed by atoms with Crippen LogP contribution in [0, 0.1) is 0 Å². The summed E-state index contributed by atoms with van der Waals surface area (Å²) in [6.45, 7) is 1.16. The maximum atomic E-state index is 12.8. The minimum atomic E-state index is -3.86. The van der Waals surface area contributed by atoms with E-state index in [4.69, 9.17) is 10.5 Å². The molecule has 0 aromatic heterocycles. The zero-order valence-electron chi connectivity index (χ0n) is 15.5. The third kappa shape index (κ3) is 4.95. The highest BCUT2D eigenvalue weighted by Crippen LogP contribution is 2.26. The van der Waals surface area contributed by atoms with E-state index in [0.29, 0.717) is 30.1 Å². The van der Waals surface area contributed by atoms with Gasteiger partial charge in [-0.1, -0.05) is 18.2 Å². The number of carbonyl (C=O) groups is 1. The van der Waals surface area contributed by atoms with E-state index < -0.39 is 10.0 Å². The van der Waals surface area contributed by atoms with Crippen molar-refractivity contribution < 1.29 is 17.9 Å². The predicted octanol–water partition coefficient (Wildman–Crippen LogP) is 2.48. The van der Waals surface area contributed by atoms with Crippen LogP contribution in [-0.2, 0) is 10.0 Å². The van der Waals surface area contributed by atoms with E-state index in [1.807, 2.05) is 0 Å². The number of halogens is 1. The van der Waals surface area contributed by atoms with Gasteiger partial charge in [0, 0.05) is 24.7 Å². The average Bonchev–Trinajstić information content (AvgIpc) is 2.68. The third-order valence-corrected chi connectivity index (χ3v) is 5.93. The Morgan fingerprint density at radius 3 is 2.50 bits per heavy atom. The molecule has 0 spiro atoms. The van der Waals surface area contributed by atoms with Crippen molar-refractivity contribution >= 4 is 34.0 Å². The molecule has 1 amide bonds. The molecular formula is C19H24ClN3O4S. The van der Waals surface area contributed by atoms with Crippen molar-refractivity contribution in [2.24, 2.45) is 5.73 Å². The normalized spacial score (nSPS) is 14.9. The van der Waals surface area contributed by atoms with Crippen molar-refractivity contribution in [3.05, 3.63) is 54.1 Å². The van der Waals surface area contributed by atoms with Crippen LogP contribution in [0.5, 0.6) is 5.75 Å². The van der Waals surface area contributed by atoms with Gasteiger partial charge in [-0.25, -0.2) is 8.42 Å². The summed E-state index contributed by atoms with van der Waals surface area (Å²) in [6.07, 6.45) is 1.50. The molecule has 0 bridgehead atoms. The molecule has 7 nitrogen and oxygen atoms in total. The van der Waals surface area contributed by atoms with Crippen LogP contribution in [0.15, 0.2) is 53.4 Å². The Bertz CT molecular complexity index is 928. The van der Waals surface area contributed by atoms with E-state index in [1.165, 1.54) is 19.2 Å². The number of rotatable bonds is 5. The molecule has 1 fully saturated rings. The molecule has 0 aliphatic carbocycles. The first-order valence-corrected chi connectivity index (χ1v) is 10.2. The molecular weight excluding hydrogens is 402 g/mol. The number of anilines is 1. The van der Waals surface area contributed by atoms with Crippen LogP contribution < -0.4 is 15.2 Å². The molecule has 0 saturated carbocycles. The van der Waals surface area contributed by atoms with Gasteiger partial charge in [-0.2, -0.15) is 0 Å². The number of para-hydroxylation sites is 2. The molecule has 1 aliphatic rings. The summed E-state index contributed by atoms with van der Waals surface area (Å²) in [5.41, 5.74) is 6.55. The van der Waals surface area contributed by atoms with E-state index >= 15 is 0 Å². The zero-order valence-corrected chi connectivity index (χ0v) is 17.1. The molecule has 2 aromatic rings. The van der Waals surface area contributed by atoms with Crippen LogP contribution in [-0.4, -0.2) is 45.5 Å². The van der Waals surface area contributed by atoms with Gasteiger partial charge in [0.1, 0.15) is 5.75 Å². The number of carbonyl (C=O) groups excluding carboxylic acids is 1. The van der Waals surface area contributed by atoms with Crippen LogP contribution in [0.3, 0.4) is 0 Å². The van der Waals surface area contributed by atoms with E-state index in [9.17, 15) is 13.2 Å². The molecule has 1 heterocycles. The smallest absolute Gasteiger partial charge is 0.262 e. The lowest BCUT2D eigenvalue weighted by Gasteiger charge is -2.30. The van der Waals surface area contributed by atoms with Gasteiger partial charge in [-0.15, -0.1) is 12.4 Å². The summed E-state index contributed by atoms with van der Waals surface area (Å²) in [5.74, 6) is 0.231. The number of benzene rings is 2. The van der Waals surface area contributed by atoms with Crippen molar-refractivity contribution in [1.82, 2.24) is 4.90 Å². The van der Waals surface area contributed by atoms with Crippen LogP contribution in [0.1, 0.15) is 23.2 Å². The number of sulfonamides is 1. The summed E-state index contributed by atoms with van der Waals surface area (Å²) in [7, 11) is -2.39. The zero-order chi connectivity index (χ0) is 19.4. The van der Waals surface area contributed by atoms with Gasteiger partial charge < -0.3 is 15.4 Å². The van der Waals surface area contributed by atoms with Crippen LogP contribution >= 0.6 is 12.4 Å². The molecule has 28 heavy (non-hydrogen) atoms. The van der Waals surface area contributed by atoms with Crippen LogP contribution in [0.2, 0.25) is 0 Å². The van der Waals surface area contributed by atoms with Gasteiger partial charge in [0.2, 0.25) is 0 Å². The van der Waals surface area contributed by atoms with E-state index in [0.717, 1.165) is 12.8 Å². The van der Waals surface area contributed by atoms with E-state index in [2.05, 4.69) is 4.72 Å². The Morgan fingerprint density at radius 2 is 1.82 bits per heavy atom. The number of nitrogens with one attached hydrogen (secondary N) is 1. The van der Waals surface area contributed by atoms with Crippen molar-refractivity contribution in [2.75, 3.05) is 24.9 Å². The SMILES string of the molecule is COc1ccccc1NS(=O)(=O)c1cccc(C(=O)N2CCC(N)CC2)c1.Cl. The number of ether oxygens (including phenoxy) is 1. The highest BCUT2D eigenvalue weighted by molar-refractivity contribution is 7.92. The quantitative estimate of drug-likeness (QED) is 0.766. The summed E-state index contributed by atoms with van der Waals surface area (Å²) >= 11 is 0. The summed E-state index contributed by atoms with van der Waals surface area (Å²) in [5, 5.41) is 0. The molecule has 2 aromatic carbocycles. The fourth-order valence-corrected chi connectivity index (χ4v) is 4.13. The van der Waals surface area contributed by atoms with Crippen molar-refractivity contribution in [3.8, 4) is 5.75 Å². The minimum Gasteiger partial charge on any atom is -0.495 e. The lowest BCUT2D eigenvalue weighted by atomic mass is 10.0. The largest absolute Gasteiger partial charge is 0.495 e. The van der Waals surface area contributed by atoms with Crippen molar-refractivity contribution in [2.45, 2.75) is 23.8 Å². The Morgan fingerprint density at radius 1 is 1.14 bits per heavy atom. The fraction of sp³-hybridized carbons (Fsp3) is 0.316. The summed E-state index contributed by atoms with van der Waals surface area (Å²) in [6, 6.07) is 12.9. The lowest BCUT2D eigenvalue weighted by molar-refractivity contribution is 0.0714. The molecule has 3 rings (SSSR count). The first-order valence-electron chi connectivity index (χ1n) is 8.71. The Balaban J connectivity index is 0.00000280. The molecule has 3 N–H and O–H groups in total. The second-order valence-electron chi connectivity index (χ2n) is 6.46. The van der Waals surface area contributed by atoms with Crippen LogP contribution in [0.25, 0.3) is 0 Å². The number of nitrogens with two attached hydrogens (primary N) is 1. The fourth-order valence-electron chi connectivity index (χ4n) is 3.01. The number of piperidine rings is 1. The van der Waals surface area contributed by atoms with Gasteiger partial charge in [0.15, 0.2) is 0 Å². The second-order valence-corrected chi connectivity index (χ2v) is 8.15. The molecule has 1 saturated heterocycles. The molecule has 9 heteroatoms. The minimum absolute atomic E-state index is 0. The number of likely N-dealkylation sites (tertiary alicyclic amines) is 1. The number of amides is 1. The molecule has 152 valence electrons. The number of hydrogen-bond acceptors (Lipinski definition) is 5. The van der Waals surface area contributed by atoms with Crippen LogP contribution in [0.4, 0.5) is 5.69 Å². The standard InChI is InChI=1S/C19H23N3O4S.ClH/c1-26-18-8-3-2-7-17(18)21-27(24,25)16-6-4-5-14(13-16)19(23)22-11-9-15(20)10-12-22;/h2-8,13,15,21H,9-12,20H2,1H3;1H. The Labute approximate surface area is 171 Å². The van der Waals surface area contributed by atoms with E-state index in [1.54, 1.807) is 41.3 Å². The van der Waals surface area contributed by atoms with Gasteiger partial charge in [-0.3, -0.25) is 9.52 Å². The van der Waals surface area contributed by atoms with E-state index in [-0.39, 0.29) is 29.3 Å². The predicted molar refractivity (Wildman–Crippen MR) is 111 cm³/mol. The maximum Gasteiger partial charge on any atom is 0.262 e. The highest BCUT2D eigenvalue weighted by atomic mass is 35.5. The van der Waals surface area contributed by atoms with Gasteiger partial charge >= 0.3 is 0 Å².